The highest BCUT2D eigenvalue weighted by Gasteiger charge is 2.22. The van der Waals surface area contributed by atoms with E-state index in [4.69, 9.17) is 9.88 Å². The number of sulfonamides is 1. The standard InChI is InChI=1S/C21H20N4O4S/c1-2-29-21(26)16(14-22)12-17-13-20(15-6-4-3-5-7-15)25(24-17)18-8-10-19(11-9-18)30(23,27)28/h3-11,13,16H,2,12H2,1H3,(H2,23,27,28). The van der Waals surface area contributed by atoms with Gasteiger partial charge in [-0.15, -0.1) is 0 Å². The molecule has 0 fully saturated rings. The maximum Gasteiger partial charge on any atom is 0.323 e. The average molecular weight is 424 g/mol. The summed E-state index contributed by atoms with van der Waals surface area (Å²) >= 11 is 0. The van der Waals surface area contributed by atoms with Crippen molar-refractivity contribution >= 4 is 16.0 Å². The Bertz CT molecular complexity index is 1180. The van der Waals surface area contributed by atoms with Crippen LogP contribution in [0.4, 0.5) is 0 Å². The Morgan fingerprint density at radius 2 is 1.87 bits per heavy atom. The van der Waals surface area contributed by atoms with Crippen molar-refractivity contribution in [3.05, 3.63) is 66.4 Å². The number of esters is 1. The molecule has 0 aliphatic carbocycles. The van der Waals surface area contributed by atoms with Crippen molar-refractivity contribution in [1.82, 2.24) is 9.78 Å². The van der Waals surface area contributed by atoms with Crippen molar-refractivity contribution in [3.8, 4) is 23.0 Å². The van der Waals surface area contributed by atoms with Gasteiger partial charge < -0.3 is 4.74 Å². The fourth-order valence-corrected chi connectivity index (χ4v) is 3.47. The lowest BCUT2D eigenvalue weighted by Gasteiger charge is -2.08. The number of benzene rings is 2. The largest absolute Gasteiger partial charge is 0.465 e. The SMILES string of the molecule is CCOC(=O)C(C#N)Cc1cc(-c2ccccc2)n(-c2ccc(S(N)(=O)=O)cc2)n1. The fourth-order valence-electron chi connectivity index (χ4n) is 2.95. The Labute approximate surface area is 174 Å². The number of nitriles is 1. The van der Waals surface area contributed by atoms with Gasteiger partial charge in [0.05, 0.1) is 34.6 Å². The number of carbonyl (C=O) groups is 1. The Morgan fingerprint density at radius 3 is 2.43 bits per heavy atom. The van der Waals surface area contributed by atoms with Gasteiger partial charge in [0.1, 0.15) is 5.92 Å². The molecule has 9 heteroatoms. The lowest BCUT2D eigenvalue weighted by atomic mass is 10.0. The molecule has 1 heterocycles. The van der Waals surface area contributed by atoms with E-state index in [9.17, 15) is 18.5 Å². The van der Waals surface area contributed by atoms with Gasteiger partial charge in [0.25, 0.3) is 0 Å². The Kier molecular flexibility index (Phi) is 6.30. The first-order valence-electron chi connectivity index (χ1n) is 9.17. The zero-order valence-corrected chi connectivity index (χ0v) is 17.0. The second-order valence-electron chi connectivity index (χ2n) is 6.48. The van der Waals surface area contributed by atoms with Gasteiger partial charge >= 0.3 is 5.97 Å². The highest BCUT2D eigenvalue weighted by Crippen LogP contribution is 2.26. The number of hydrogen-bond acceptors (Lipinski definition) is 6. The molecular formula is C21H20N4O4S. The van der Waals surface area contributed by atoms with Gasteiger partial charge in [0, 0.05) is 12.0 Å². The van der Waals surface area contributed by atoms with Crippen LogP contribution in [0.1, 0.15) is 12.6 Å². The molecule has 0 bridgehead atoms. The third-order valence-electron chi connectivity index (χ3n) is 4.38. The van der Waals surface area contributed by atoms with E-state index in [1.165, 1.54) is 12.1 Å². The van der Waals surface area contributed by atoms with Gasteiger partial charge in [0.2, 0.25) is 10.0 Å². The first kappa shape index (κ1) is 21.2. The minimum atomic E-state index is -3.81. The monoisotopic (exact) mass is 424 g/mol. The predicted octanol–water partition coefficient (Wildman–Crippen LogP) is 2.43. The zero-order valence-electron chi connectivity index (χ0n) is 16.2. The number of hydrogen-bond donors (Lipinski definition) is 1. The Balaban J connectivity index is 2.03. The summed E-state index contributed by atoms with van der Waals surface area (Å²) in [6, 6.07) is 19.2. The maximum absolute atomic E-state index is 12.0. The molecule has 0 saturated carbocycles. The molecule has 0 amide bonds. The minimum absolute atomic E-state index is 0.00764. The zero-order chi connectivity index (χ0) is 21.7. The van der Waals surface area contributed by atoms with E-state index in [0.717, 1.165) is 11.3 Å². The Morgan fingerprint density at radius 1 is 1.20 bits per heavy atom. The van der Waals surface area contributed by atoms with Crippen LogP contribution in [0.2, 0.25) is 0 Å². The minimum Gasteiger partial charge on any atom is -0.465 e. The second kappa shape index (κ2) is 8.90. The maximum atomic E-state index is 12.0. The van der Waals surface area contributed by atoms with Crippen molar-refractivity contribution in [2.45, 2.75) is 18.2 Å². The normalized spacial score (nSPS) is 12.2. The summed E-state index contributed by atoms with van der Waals surface area (Å²) < 4.78 is 29.6. The number of nitrogens with two attached hydrogens (primary N) is 1. The quantitative estimate of drug-likeness (QED) is 0.580. The van der Waals surface area contributed by atoms with Crippen molar-refractivity contribution < 1.29 is 17.9 Å². The number of nitrogens with zero attached hydrogens (tertiary/aromatic N) is 3. The summed E-state index contributed by atoms with van der Waals surface area (Å²) in [5.74, 6) is -1.56. The van der Waals surface area contributed by atoms with Crippen LogP contribution in [-0.2, 0) is 26.0 Å². The number of primary sulfonamides is 1. The summed E-state index contributed by atoms with van der Waals surface area (Å²) in [5.41, 5.74) is 2.74. The van der Waals surface area contributed by atoms with E-state index in [1.807, 2.05) is 36.4 Å². The van der Waals surface area contributed by atoms with Crippen LogP contribution >= 0.6 is 0 Å². The number of carbonyl (C=O) groups excluding carboxylic acids is 1. The van der Waals surface area contributed by atoms with Gasteiger partial charge in [-0.05, 0) is 37.3 Å². The Hall–Kier alpha value is -3.48. The van der Waals surface area contributed by atoms with Gasteiger partial charge in [-0.3, -0.25) is 4.79 Å². The van der Waals surface area contributed by atoms with Crippen molar-refractivity contribution in [2.75, 3.05) is 6.61 Å². The number of rotatable bonds is 7. The van der Waals surface area contributed by atoms with Gasteiger partial charge in [-0.2, -0.15) is 10.4 Å². The third-order valence-corrected chi connectivity index (χ3v) is 5.31. The van der Waals surface area contributed by atoms with Crippen molar-refractivity contribution in [3.63, 3.8) is 0 Å². The van der Waals surface area contributed by atoms with E-state index in [-0.39, 0.29) is 17.9 Å². The predicted molar refractivity (Wildman–Crippen MR) is 110 cm³/mol. The molecule has 1 unspecified atom stereocenters. The first-order valence-corrected chi connectivity index (χ1v) is 10.7. The smallest absolute Gasteiger partial charge is 0.323 e. The molecule has 2 aromatic carbocycles. The molecule has 30 heavy (non-hydrogen) atoms. The second-order valence-corrected chi connectivity index (χ2v) is 8.04. The molecule has 0 saturated heterocycles. The summed E-state index contributed by atoms with van der Waals surface area (Å²) in [6.45, 7) is 1.87. The molecule has 3 aromatic rings. The van der Waals surface area contributed by atoms with Gasteiger partial charge in [0.15, 0.2) is 0 Å². The average Bonchev–Trinajstić information content (AvgIpc) is 3.16. The summed E-state index contributed by atoms with van der Waals surface area (Å²) in [6.07, 6.45) is 0.0947. The van der Waals surface area contributed by atoms with Crippen molar-refractivity contribution in [2.24, 2.45) is 11.1 Å². The van der Waals surface area contributed by atoms with Crippen LogP contribution in [0, 0.1) is 17.2 Å². The molecule has 0 aliphatic heterocycles. The topological polar surface area (TPSA) is 128 Å². The van der Waals surface area contributed by atoms with E-state index in [2.05, 4.69) is 5.10 Å². The molecule has 0 radical (unpaired) electrons. The van der Waals surface area contributed by atoms with E-state index in [1.54, 1.807) is 29.8 Å². The van der Waals surface area contributed by atoms with Gasteiger partial charge in [-0.1, -0.05) is 30.3 Å². The number of ether oxygens (including phenoxy) is 1. The van der Waals surface area contributed by atoms with Crippen LogP contribution in [0.3, 0.4) is 0 Å². The molecule has 0 spiro atoms. The highest BCUT2D eigenvalue weighted by molar-refractivity contribution is 7.89. The van der Waals surface area contributed by atoms with Crippen LogP contribution in [0.25, 0.3) is 16.9 Å². The van der Waals surface area contributed by atoms with Crippen LogP contribution in [0.5, 0.6) is 0 Å². The third kappa shape index (κ3) is 4.74. The number of aromatic nitrogens is 2. The van der Waals surface area contributed by atoms with Crippen LogP contribution < -0.4 is 5.14 Å². The van der Waals surface area contributed by atoms with E-state index >= 15 is 0 Å². The highest BCUT2D eigenvalue weighted by atomic mass is 32.2. The lowest BCUT2D eigenvalue weighted by molar-refractivity contribution is -0.146. The molecule has 154 valence electrons. The molecule has 3 rings (SSSR count). The molecule has 1 atom stereocenters. The van der Waals surface area contributed by atoms with E-state index < -0.39 is 21.9 Å². The first-order chi connectivity index (χ1) is 14.3. The van der Waals surface area contributed by atoms with E-state index in [0.29, 0.717) is 11.4 Å². The van der Waals surface area contributed by atoms with Gasteiger partial charge in [-0.25, -0.2) is 18.2 Å². The van der Waals surface area contributed by atoms with Crippen molar-refractivity contribution in [1.29, 1.82) is 5.26 Å². The fraction of sp³-hybridized carbons (Fsp3) is 0.190. The summed E-state index contributed by atoms with van der Waals surface area (Å²) in [5, 5.41) is 19.1. The molecule has 1 aromatic heterocycles. The summed E-state index contributed by atoms with van der Waals surface area (Å²) in [7, 11) is -3.81. The molecule has 2 N–H and O–H groups in total. The lowest BCUT2D eigenvalue weighted by Crippen LogP contribution is -2.18. The van der Waals surface area contributed by atoms with Crippen LogP contribution in [-0.4, -0.2) is 30.8 Å². The molecular weight excluding hydrogens is 404 g/mol. The molecule has 0 aliphatic rings. The van der Waals surface area contributed by atoms with Crippen LogP contribution in [0.15, 0.2) is 65.6 Å². The summed E-state index contributed by atoms with van der Waals surface area (Å²) in [4.78, 5) is 12.0. The molecule has 8 nitrogen and oxygen atoms in total.